The van der Waals surface area contributed by atoms with Crippen molar-refractivity contribution in [2.45, 2.75) is 43.3 Å². The molecule has 1 aromatic heterocycles. The molecule has 3 atom stereocenters. The van der Waals surface area contributed by atoms with Gasteiger partial charge in [-0.1, -0.05) is 18.2 Å². The summed E-state index contributed by atoms with van der Waals surface area (Å²) in [5.41, 5.74) is 2.40. The molecule has 2 aliphatic rings. The second-order valence-electron chi connectivity index (χ2n) is 9.02. The minimum absolute atomic E-state index is 0.0110. The lowest BCUT2D eigenvalue weighted by Crippen LogP contribution is -2.35. The molecule has 3 heterocycles. The molecule has 2 aliphatic heterocycles. The van der Waals surface area contributed by atoms with E-state index in [4.69, 9.17) is 0 Å². The highest BCUT2D eigenvalue weighted by Crippen LogP contribution is 2.37. The van der Waals surface area contributed by atoms with Gasteiger partial charge in [-0.15, -0.1) is 0 Å². The Morgan fingerprint density at radius 2 is 1.97 bits per heavy atom. The smallest absolute Gasteiger partial charge is 0.253 e. The second kappa shape index (κ2) is 9.77. The minimum Gasteiger partial charge on any atom is -0.348 e. The molecule has 0 aliphatic carbocycles. The lowest BCUT2D eigenvalue weighted by molar-refractivity contribution is -0.136. The van der Waals surface area contributed by atoms with Gasteiger partial charge in [-0.2, -0.15) is 0 Å². The summed E-state index contributed by atoms with van der Waals surface area (Å²) in [6.07, 6.45) is 6.52. The Bertz CT molecular complexity index is 1350. The van der Waals surface area contributed by atoms with Crippen LogP contribution in [-0.2, 0) is 26.9 Å². The molecular weight excluding hydrogens is 481 g/mol. The van der Waals surface area contributed by atoms with Crippen molar-refractivity contribution in [1.82, 2.24) is 14.9 Å². The Morgan fingerprint density at radius 1 is 1.14 bits per heavy atom. The van der Waals surface area contributed by atoms with E-state index in [1.54, 1.807) is 42.8 Å². The molecular formula is C26H26FN5O3S. The van der Waals surface area contributed by atoms with Crippen LogP contribution < -0.4 is 10.2 Å². The van der Waals surface area contributed by atoms with Gasteiger partial charge in [-0.3, -0.25) is 13.8 Å². The van der Waals surface area contributed by atoms with Gasteiger partial charge in [0, 0.05) is 42.0 Å². The van der Waals surface area contributed by atoms with E-state index in [1.807, 2.05) is 6.07 Å². The highest BCUT2D eigenvalue weighted by atomic mass is 32.2. The van der Waals surface area contributed by atoms with Crippen molar-refractivity contribution >= 4 is 34.2 Å². The van der Waals surface area contributed by atoms with Gasteiger partial charge >= 0.3 is 0 Å². The molecule has 0 bridgehead atoms. The Morgan fingerprint density at radius 3 is 2.67 bits per heavy atom. The highest BCUT2D eigenvalue weighted by Gasteiger charge is 2.37. The number of hydrogen-bond donors (Lipinski definition) is 1. The van der Waals surface area contributed by atoms with Gasteiger partial charge in [0.2, 0.25) is 5.91 Å². The van der Waals surface area contributed by atoms with Crippen molar-refractivity contribution in [1.29, 1.82) is 0 Å². The first-order chi connectivity index (χ1) is 17.3. The van der Waals surface area contributed by atoms with Crippen molar-refractivity contribution in [3.63, 3.8) is 0 Å². The molecule has 1 saturated heterocycles. The number of amides is 2. The normalized spacial score (nSPS) is 19.8. The maximum atomic E-state index is 13.8. The van der Waals surface area contributed by atoms with Crippen LogP contribution in [0, 0.1) is 5.82 Å². The monoisotopic (exact) mass is 507 g/mol. The van der Waals surface area contributed by atoms with E-state index in [-0.39, 0.29) is 30.1 Å². The van der Waals surface area contributed by atoms with Crippen LogP contribution in [0.2, 0.25) is 0 Å². The topological polar surface area (TPSA) is 95.5 Å². The quantitative estimate of drug-likeness (QED) is 0.565. The van der Waals surface area contributed by atoms with Gasteiger partial charge < -0.3 is 15.1 Å². The van der Waals surface area contributed by atoms with Crippen molar-refractivity contribution in [2.75, 3.05) is 23.0 Å². The van der Waals surface area contributed by atoms with Gasteiger partial charge in [0.15, 0.2) is 5.82 Å². The fraction of sp³-hybridized carbons (Fsp3) is 0.308. The van der Waals surface area contributed by atoms with Gasteiger partial charge in [-0.25, -0.2) is 14.4 Å². The summed E-state index contributed by atoms with van der Waals surface area (Å²) in [5, 5.41) is 2.78. The molecule has 2 aromatic carbocycles. The number of nitrogens with one attached hydrogen (secondary N) is 1. The number of anilines is 2. The number of carbonyl (C=O) groups is 2. The number of rotatable bonds is 5. The standard InChI is InChI=1S/C26H26FN5O3S/c1-16(33)32-15-18-12-20(36(2)35)8-9-21(18)25(32)26(34)30-23-13-29-24(14-28-23)31-10-4-7-22(31)17-5-3-6-19(27)11-17/h3,5-6,8-9,11-14,22,25H,4,7,10,15H2,1-2H3,(H,28,30,34). The van der Waals surface area contributed by atoms with E-state index < -0.39 is 22.7 Å². The number of fused-ring (bicyclic) bond motifs is 1. The summed E-state index contributed by atoms with van der Waals surface area (Å²) in [6, 6.07) is 11.1. The highest BCUT2D eigenvalue weighted by molar-refractivity contribution is 7.84. The van der Waals surface area contributed by atoms with Crippen LogP contribution in [0.15, 0.2) is 59.8 Å². The Balaban J connectivity index is 1.34. The third-order valence-corrected chi connectivity index (χ3v) is 7.63. The zero-order valence-corrected chi connectivity index (χ0v) is 20.8. The lowest BCUT2D eigenvalue weighted by Gasteiger charge is -2.26. The third-order valence-electron chi connectivity index (χ3n) is 6.72. The molecule has 3 aromatic rings. The van der Waals surface area contributed by atoms with Gasteiger partial charge in [-0.05, 0) is 53.8 Å². The first-order valence-corrected chi connectivity index (χ1v) is 13.3. The number of hydrogen-bond acceptors (Lipinski definition) is 6. The van der Waals surface area contributed by atoms with E-state index in [9.17, 15) is 18.2 Å². The van der Waals surface area contributed by atoms with E-state index in [0.717, 1.165) is 30.5 Å². The molecule has 8 nitrogen and oxygen atoms in total. The summed E-state index contributed by atoms with van der Waals surface area (Å²) in [5.74, 6) is 0.0280. The van der Waals surface area contributed by atoms with Crippen molar-refractivity contribution < 1.29 is 18.2 Å². The summed E-state index contributed by atoms with van der Waals surface area (Å²) in [6.45, 7) is 2.47. The summed E-state index contributed by atoms with van der Waals surface area (Å²) >= 11 is 0. The fourth-order valence-electron chi connectivity index (χ4n) is 5.01. The first kappa shape index (κ1) is 24.1. The maximum absolute atomic E-state index is 13.8. The zero-order valence-electron chi connectivity index (χ0n) is 20.0. The zero-order chi connectivity index (χ0) is 25.4. The Kier molecular flexibility index (Phi) is 6.53. The third kappa shape index (κ3) is 4.60. The van der Waals surface area contributed by atoms with Crippen molar-refractivity contribution in [3.05, 3.63) is 77.4 Å². The summed E-state index contributed by atoms with van der Waals surface area (Å²) in [7, 11) is -1.16. The SMILES string of the molecule is CC(=O)N1Cc2cc(S(C)=O)ccc2C1C(=O)Nc1cnc(N2CCCC2c2cccc(F)c2)cn1. The van der Waals surface area contributed by atoms with Crippen LogP contribution in [-0.4, -0.2) is 43.7 Å². The van der Waals surface area contributed by atoms with E-state index in [0.29, 0.717) is 16.3 Å². The molecule has 0 radical (unpaired) electrons. The molecule has 186 valence electrons. The average Bonchev–Trinajstić information content (AvgIpc) is 3.49. The van der Waals surface area contributed by atoms with E-state index in [1.165, 1.54) is 24.1 Å². The lowest BCUT2D eigenvalue weighted by atomic mass is 10.0. The molecule has 3 unspecified atom stereocenters. The molecule has 1 N–H and O–H groups in total. The van der Waals surface area contributed by atoms with Crippen LogP contribution in [0.3, 0.4) is 0 Å². The Labute approximate surface area is 211 Å². The van der Waals surface area contributed by atoms with Crippen LogP contribution in [0.4, 0.5) is 16.0 Å². The predicted molar refractivity (Wildman–Crippen MR) is 134 cm³/mol. The number of carbonyl (C=O) groups excluding carboxylic acids is 2. The number of aromatic nitrogens is 2. The van der Waals surface area contributed by atoms with Crippen molar-refractivity contribution in [3.8, 4) is 0 Å². The van der Waals surface area contributed by atoms with E-state index in [2.05, 4.69) is 20.2 Å². The molecule has 0 spiro atoms. The second-order valence-corrected chi connectivity index (χ2v) is 10.4. The molecule has 5 rings (SSSR count). The van der Waals surface area contributed by atoms with Crippen LogP contribution >= 0.6 is 0 Å². The van der Waals surface area contributed by atoms with Crippen LogP contribution in [0.1, 0.15) is 48.5 Å². The van der Waals surface area contributed by atoms with Crippen LogP contribution in [0.5, 0.6) is 0 Å². The van der Waals surface area contributed by atoms with Gasteiger partial charge in [0.1, 0.15) is 17.7 Å². The summed E-state index contributed by atoms with van der Waals surface area (Å²) < 4.78 is 25.6. The molecule has 36 heavy (non-hydrogen) atoms. The average molecular weight is 508 g/mol. The minimum atomic E-state index is -1.16. The summed E-state index contributed by atoms with van der Waals surface area (Å²) in [4.78, 5) is 38.7. The first-order valence-electron chi connectivity index (χ1n) is 11.7. The molecule has 0 saturated carbocycles. The van der Waals surface area contributed by atoms with E-state index >= 15 is 0 Å². The largest absolute Gasteiger partial charge is 0.348 e. The van der Waals surface area contributed by atoms with Gasteiger partial charge in [0.05, 0.1) is 18.4 Å². The van der Waals surface area contributed by atoms with Crippen LogP contribution in [0.25, 0.3) is 0 Å². The molecule has 2 amide bonds. The fourth-order valence-corrected chi connectivity index (χ4v) is 5.58. The maximum Gasteiger partial charge on any atom is 0.253 e. The van der Waals surface area contributed by atoms with Crippen molar-refractivity contribution in [2.24, 2.45) is 0 Å². The number of halogens is 1. The molecule has 1 fully saturated rings. The van der Waals surface area contributed by atoms with Gasteiger partial charge in [0.25, 0.3) is 5.91 Å². The number of nitrogens with zero attached hydrogens (tertiary/aromatic N) is 4. The predicted octanol–water partition coefficient (Wildman–Crippen LogP) is 3.74. The molecule has 10 heteroatoms. The number of benzene rings is 2. The Hall–Kier alpha value is -3.66.